The van der Waals surface area contributed by atoms with Crippen molar-refractivity contribution in [2.75, 3.05) is 31.6 Å². The molecule has 0 bridgehead atoms. The number of ether oxygens (including phenoxy) is 1. The van der Waals surface area contributed by atoms with Crippen molar-refractivity contribution in [1.29, 1.82) is 0 Å². The van der Waals surface area contributed by atoms with Gasteiger partial charge in [0.25, 0.3) is 0 Å². The van der Waals surface area contributed by atoms with E-state index in [1.807, 2.05) is 17.7 Å². The number of nitrogens with one attached hydrogen (secondary N) is 1. The van der Waals surface area contributed by atoms with E-state index in [1.165, 1.54) is 10.4 Å². The lowest BCUT2D eigenvalue weighted by Crippen LogP contribution is -2.36. The lowest BCUT2D eigenvalue weighted by molar-refractivity contribution is 0.0331. The van der Waals surface area contributed by atoms with Crippen molar-refractivity contribution >= 4 is 50.6 Å². The minimum atomic E-state index is 0.543. The normalized spacial score (nSPS) is 15.5. The van der Waals surface area contributed by atoms with Gasteiger partial charge in [-0.15, -0.1) is 11.3 Å². The molecule has 1 fully saturated rings. The van der Waals surface area contributed by atoms with Gasteiger partial charge in [0.05, 0.1) is 36.7 Å². The van der Waals surface area contributed by atoms with E-state index in [9.17, 15) is 0 Å². The van der Waals surface area contributed by atoms with Gasteiger partial charge >= 0.3 is 0 Å². The van der Waals surface area contributed by atoms with Gasteiger partial charge in [0, 0.05) is 30.7 Å². The highest BCUT2D eigenvalue weighted by molar-refractivity contribution is 7.18. The monoisotopic (exact) mass is 439 g/mol. The van der Waals surface area contributed by atoms with E-state index in [0.29, 0.717) is 16.7 Å². The number of halogens is 2. The first-order valence-corrected chi connectivity index (χ1v) is 10.8. The van der Waals surface area contributed by atoms with Crippen molar-refractivity contribution < 1.29 is 4.74 Å². The highest BCUT2D eigenvalue weighted by atomic mass is 35.5. The standard InChI is InChI=1S/C19H23Cl2N5OS/c1-11-12(2)28-19-16(11)18(22-9-13-8-14(20)17(21)25(13)3)23-15(24-19)10-26-4-6-27-7-5-26/h8H,4-7,9-10H2,1-3H3,(H,22,23,24). The molecule has 4 heterocycles. The third-order valence-corrected chi connectivity index (χ3v) is 7.14. The van der Waals surface area contributed by atoms with E-state index in [-0.39, 0.29) is 0 Å². The predicted octanol–water partition coefficient (Wildman–Crippen LogP) is 4.40. The summed E-state index contributed by atoms with van der Waals surface area (Å²) < 4.78 is 7.33. The van der Waals surface area contributed by atoms with Gasteiger partial charge in [0.15, 0.2) is 0 Å². The SMILES string of the molecule is Cc1sc2nc(CN3CCOCC3)nc(NCc3cc(Cl)c(Cl)n3C)c2c1C. The number of morpholine rings is 1. The molecule has 9 heteroatoms. The lowest BCUT2D eigenvalue weighted by atomic mass is 10.2. The number of nitrogens with zero attached hydrogens (tertiary/aromatic N) is 4. The van der Waals surface area contributed by atoms with E-state index < -0.39 is 0 Å². The molecule has 6 nitrogen and oxygen atoms in total. The van der Waals surface area contributed by atoms with Crippen molar-refractivity contribution in [2.24, 2.45) is 7.05 Å². The van der Waals surface area contributed by atoms with Gasteiger partial charge < -0.3 is 14.6 Å². The predicted molar refractivity (Wildman–Crippen MR) is 116 cm³/mol. The van der Waals surface area contributed by atoms with Crippen LogP contribution in [0.2, 0.25) is 10.2 Å². The van der Waals surface area contributed by atoms with E-state index in [4.69, 9.17) is 37.9 Å². The molecule has 3 aromatic heterocycles. The Morgan fingerprint density at radius 2 is 1.96 bits per heavy atom. The van der Waals surface area contributed by atoms with Crippen molar-refractivity contribution in [3.05, 3.63) is 38.2 Å². The summed E-state index contributed by atoms with van der Waals surface area (Å²) in [5, 5.41) is 5.69. The van der Waals surface area contributed by atoms with E-state index in [1.54, 1.807) is 11.3 Å². The largest absolute Gasteiger partial charge is 0.379 e. The number of rotatable bonds is 5. The molecule has 0 amide bonds. The second-order valence-electron chi connectivity index (χ2n) is 7.03. The fraction of sp³-hybridized carbons (Fsp3) is 0.474. The first-order valence-electron chi connectivity index (χ1n) is 9.24. The number of hydrogen-bond donors (Lipinski definition) is 1. The quantitative estimate of drug-likeness (QED) is 0.638. The summed E-state index contributed by atoms with van der Waals surface area (Å²) in [5.74, 6) is 1.70. The number of anilines is 1. The number of aromatic nitrogens is 3. The Morgan fingerprint density at radius 1 is 1.21 bits per heavy atom. The van der Waals surface area contributed by atoms with Crippen molar-refractivity contribution in [3.63, 3.8) is 0 Å². The maximum absolute atomic E-state index is 6.20. The Morgan fingerprint density at radius 3 is 2.64 bits per heavy atom. The van der Waals surface area contributed by atoms with Crippen LogP contribution in [-0.2, 0) is 24.9 Å². The summed E-state index contributed by atoms with van der Waals surface area (Å²) >= 11 is 14.1. The average Bonchev–Trinajstić information content (AvgIpc) is 3.10. The molecule has 28 heavy (non-hydrogen) atoms. The zero-order valence-electron chi connectivity index (χ0n) is 16.2. The van der Waals surface area contributed by atoms with Crippen LogP contribution >= 0.6 is 34.5 Å². The molecule has 0 aliphatic carbocycles. The molecule has 1 aliphatic rings. The minimum absolute atomic E-state index is 0.543. The van der Waals surface area contributed by atoms with Crippen molar-refractivity contribution in [2.45, 2.75) is 26.9 Å². The number of aryl methyl sites for hydroxylation is 2. The third kappa shape index (κ3) is 3.86. The van der Waals surface area contributed by atoms with Gasteiger partial charge in [-0.2, -0.15) is 0 Å². The van der Waals surface area contributed by atoms with Crippen molar-refractivity contribution in [3.8, 4) is 0 Å². The fourth-order valence-corrected chi connectivity index (χ4v) is 4.85. The van der Waals surface area contributed by atoms with Crippen LogP contribution in [0.3, 0.4) is 0 Å². The Labute approximate surface area is 178 Å². The molecule has 1 aliphatic heterocycles. The molecule has 1 saturated heterocycles. The van der Waals surface area contributed by atoms with Gasteiger partial charge in [-0.25, -0.2) is 9.97 Å². The van der Waals surface area contributed by atoms with Crippen molar-refractivity contribution in [1.82, 2.24) is 19.4 Å². The van der Waals surface area contributed by atoms with Crippen LogP contribution in [0.15, 0.2) is 6.07 Å². The lowest BCUT2D eigenvalue weighted by Gasteiger charge is -2.25. The second kappa shape index (κ2) is 8.16. The van der Waals surface area contributed by atoms with Crippen LogP contribution in [0.1, 0.15) is 22.0 Å². The molecule has 150 valence electrons. The molecule has 0 atom stereocenters. The molecule has 0 unspecified atom stereocenters. The summed E-state index contributed by atoms with van der Waals surface area (Å²) in [7, 11) is 1.91. The highest BCUT2D eigenvalue weighted by Crippen LogP contribution is 2.34. The zero-order valence-corrected chi connectivity index (χ0v) is 18.5. The first kappa shape index (κ1) is 19.9. The van der Waals surface area contributed by atoms with Gasteiger partial charge in [-0.1, -0.05) is 23.2 Å². The Bertz CT molecular complexity index is 1010. The maximum Gasteiger partial charge on any atom is 0.146 e. The van der Waals surface area contributed by atoms with Gasteiger partial charge in [-0.05, 0) is 25.5 Å². The fourth-order valence-electron chi connectivity index (χ4n) is 3.38. The molecule has 0 radical (unpaired) electrons. The molecule has 1 N–H and O–H groups in total. The van der Waals surface area contributed by atoms with Crippen LogP contribution in [0.5, 0.6) is 0 Å². The van der Waals surface area contributed by atoms with E-state index >= 15 is 0 Å². The average molecular weight is 440 g/mol. The Kier molecular flexibility index (Phi) is 5.81. The summed E-state index contributed by atoms with van der Waals surface area (Å²) in [6.07, 6.45) is 0. The van der Waals surface area contributed by atoms with Gasteiger partial charge in [-0.3, -0.25) is 4.90 Å². The topological polar surface area (TPSA) is 55.2 Å². The number of thiophene rings is 1. The minimum Gasteiger partial charge on any atom is -0.379 e. The molecular formula is C19H23Cl2N5OS. The van der Waals surface area contributed by atoms with E-state index in [2.05, 4.69) is 24.1 Å². The van der Waals surface area contributed by atoms with Crippen LogP contribution < -0.4 is 5.32 Å². The van der Waals surface area contributed by atoms with Gasteiger partial charge in [0.1, 0.15) is 21.6 Å². The molecule has 3 aromatic rings. The van der Waals surface area contributed by atoms with Crippen LogP contribution in [0.25, 0.3) is 10.2 Å². The first-order chi connectivity index (χ1) is 13.4. The summed E-state index contributed by atoms with van der Waals surface area (Å²) in [4.78, 5) is 14.3. The van der Waals surface area contributed by atoms with Crippen LogP contribution in [-0.4, -0.2) is 45.7 Å². The number of fused-ring (bicyclic) bond motifs is 1. The summed E-state index contributed by atoms with van der Waals surface area (Å²) in [6, 6.07) is 1.88. The smallest absolute Gasteiger partial charge is 0.146 e. The maximum atomic E-state index is 6.20. The number of hydrogen-bond acceptors (Lipinski definition) is 6. The van der Waals surface area contributed by atoms with Crippen LogP contribution in [0.4, 0.5) is 5.82 Å². The third-order valence-electron chi connectivity index (χ3n) is 5.20. The highest BCUT2D eigenvalue weighted by Gasteiger charge is 2.18. The Balaban J connectivity index is 1.65. The molecule has 0 saturated carbocycles. The summed E-state index contributed by atoms with van der Waals surface area (Å²) in [5.41, 5.74) is 2.23. The molecular weight excluding hydrogens is 417 g/mol. The van der Waals surface area contributed by atoms with Crippen LogP contribution in [0, 0.1) is 13.8 Å². The zero-order chi connectivity index (χ0) is 19.8. The molecule has 0 spiro atoms. The molecule has 0 aromatic carbocycles. The summed E-state index contributed by atoms with van der Waals surface area (Å²) in [6.45, 7) is 8.91. The van der Waals surface area contributed by atoms with E-state index in [0.717, 1.165) is 60.4 Å². The Hall–Kier alpha value is -1.38. The molecule has 4 rings (SSSR count). The van der Waals surface area contributed by atoms with Gasteiger partial charge in [0.2, 0.25) is 0 Å². The second-order valence-corrected chi connectivity index (χ2v) is 9.00.